The maximum atomic E-state index is 12.2. The average molecular weight is 408 g/mol. The van der Waals surface area contributed by atoms with Gasteiger partial charge in [0.15, 0.2) is 29.6 Å². The number of halogens is 1. The Morgan fingerprint density at radius 3 is 2.54 bits per heavy atom. The molecule has 0 saturated carbocycles. The van der Waals surface area contributed by atoms with Crippen molar-refractivity contribution in [1.82, 2.24) is 0 Å². The highest BCUT2D eigenvalue weighted by Crippen LogP contribution is 2.36. The van der Waals surface area contributed by atoms with Gasteiger partial charge in [0.25, 0.3) is 5.91 Å². The van der Waals surface area contributed by atoms with Crippen molar-refractivity contribution in [2.75, 3.05) is 39.4 Å². The van der Waals surface area contributed by atoms with Crippen LogP contribution >= 0.6 is 11.6 Å². The molecule has 0 atom stereocenters. The molecule has 0 aliphatic carbocycles. The lowest BCUT2D eigenvalue weighted by Crippen LogP contribution is -2.21. The Bertz CT molecular complexity index is 900. The van der Waals surface area contributed by atoms with Crippen molar-refractivity contribution in [1.29, 1.82) is 0 Å². The Balaban J connectivity index is 1.60. The van der Waals surface area contributed by atoms with Gasteiger partial charge in [0, 0.05) is 11.8 Å². The van der Waals surface area contributed by atoms with E-state index in [9.17, 15) is 9.59 Å². The van der Waals surface area contributed by atoms with Gasteiger partial charge in [0.05, 0.1) is 24.8 Å². The maximum Gasteiger partial charge on any atom is 0.338 e. The van der Waals surface area contributed by atoms with Crippen molar-refractivity contribution in [2.45, 2.75) is 0 Å². The minimum atomic E-state index is -0.722. The van der Waals surface area contributed by atoms with Gasteiger partial charge in [0.2, 0.25) is 0 Å². The summed E-state index contributed by atoms with van der Waals surface area (Å²) < 4.78 is 26.2. The van der Waals surface area contributed by atoms with E-state index in [1.54, 1.807) is 18.2 Å². The second-order valence-corrected chi connectivity index (χ2v) is 6.08. The monoisotopic (exact) mass is 407 g/mol. The topological polar surface area (TPSA) is 92.3 Å². The molecule has 0 unspecified atom stereocenters. The van der Waals surface area contributed by atoms with Crippen LogP contribution in [-0.4, -0.2) is 45.9 Å². The molecular formula is C19H18ClNO7. The molecule has 148 valence electrons. The molecule has 1 N–H and O–H groups in total. The molecule has 8 nitrogen and oxygen atoms in total. The number of rotatable bonds is 6. The standard InChI is InChI=1S/C19H18ClNO7/c1-24-16-8-11(7-13(20)18(16)25-2)19(23)28-10-17(22)21-12-3-4-14-15(9-12)27-6-5-26-14/h3-4,7-9H,5-6,10H2,1-2H3,(H,21,22). The number of fused-ring (bicyclic) bond motifs is 1. The molecule has 1 amide bonds. The van der Waals surface area contributed by atoms with E-state index in [4.69, 9.17) is 35.3 Å². The quantitative estimate of drug-likeness (QED) is 0.736. The van der Waals surface area contributed by atoms with Gasteiger partial charge in [-0.05, 0) is 24.3 Å². The lowest BCUT2D eigenvalue weighted by atomic mass is 10.2. The second-order valence-electron chi connectivity index (χ2n) is 5.68. The van der Waals surface area contributed by atoms with Crippen molar-refractivity contribution >= 4 is 29.2 Å². The van der Waals surface area contributed by atoms with E-state index in [1.165, 1.54) is 26.4 Å². The molecule has 2 aromatic rings. The van der Waals surface area contributed by atoms with E-state index in [0.29, 0.717) is 36.1 Å². The number of carbonyl (C=O) groups excluding carboxylic acids is 2. The highest BCUT2D eigenvalue weighted by molar-refractivity contribution is 6.32. The summed E-state index contributed by atoms with van der Waals surface area (Å²) in [4.78, 5) is 24.3. The molecular weight excluding hydrogens is 390 g/mol. The summed E-state index contributed by atoms with van der Waals surface area (Å²) in [6, 6.07) is 7.81. The van der Waals surface area contributed by atoms with Gasteiger partial charge in [-0.2, -0.15) is 0 Å². The molecule has 28 heavy (non-hydrogen) atoms. The predicted octanol–water partition coefficient (Wildman–Crippen LogP) is 2.92. The number of ether oxygens (including phenoxy) is 5. The number of amides is 1. The van der Waals surface area contributed by atoms with Gasteiger partial charge in [-0.25, -0.2) is 4.79 Å². The van der Waals surface area contributed by atoms with Crippen LogP contribution in [0.3, 0.4) is 0 Å². The average Bonchev–Trinajstić information content (AvgIpc) is 2.71. The molecule has 1 aliphatic heterocycles. The molecule has 0 fully saturated rings. The smallest absolute Gasteiger partial charge is 0.338 e. The Morgan fingerprint density at radius 1 is 1.07 bits per heavy atom. The van der Waals surface area contributed by atoms with E-state index >= 15 is 0 Å². The third kappa shape index (κ3) is 4.40. The molecule has 0 saturated heterocycles. The third-order valence-corrected chi connectivity index (χ3v) is 4.11. The Labute approximate surface area is 166 Å². The number of methoxy groups -OCH3 is 2. The van der Waals surface area contributed by atoms with Crippen molar-refractivity contribution in [3.8, 4) is 23.0 Å². The molecule has 9 heteroatoms. The zero-order valence-corrected chi connectivity index (χ0v) is 16.0. The first kappa shape index (κ1) is 19.6. The predicted molar refractivity (Wildman–Crippen MR) is 101 cm³/mol. The van der Waals surface area contributed by atoms with Crippen LogP contribution in [-0.2, 0) is 9.53 Å². The minimum absolute atomic E-state index is 0.134. The summed E-state index contributed by atoms with van der Waals surface area (Å²) in [6.45, 7) is 0.448. The van der Waals surface area contributed by atoms with Crippen LogP contribution < -0.4 is 24.3 Å². The van der Waals surface area contributed by atoms with Crippen LogP contribution in [0, 0.1) is 0 Å². The highest BCUT2D eigenvalue weighted by Gasteiger charge is 2.18. The molecule has 1 aliphatic rings. The first-order chi connectivity index (χ1) is 13.5. The Morgan fingerprint density at radius 2 is 1.82 bits per heavy atom. The van der Waals surface area contributed by atoms with E-state index in [-0.39, 0.29) is 16.3 Å². The van der Waals surface area contributed by atoms with Crippen LogP contribution in [0.2, 0.25) is 5.02 Å². The summed E-state index contributed by atoms with van der Waals surface area (Å²) in [5, 5.41) is 2.82. The lowest BCUT2D eigenvalue weighted by molar-refractivity contribution is -0.119. The van der Waals surface area contributed by atoms with E-state index in [2.05, 4.69) is 5.32 Å². The van der Waals surface area contributed by atoms with Gasteiger partial charge >= 0.3 is 5.97 Å². The number of nitrogens with one attached hydrogen (secondary N) is 1. The molecule has 1 heterocycles. The first-order valence-corrected chi connectivity index (χ1v) is 8.67. The van der Waals surface area contributed by atoms with Gasteiger partial charge in [-0.3, -0.25) is 4.79 Å². The van der Waals surface area contributed by atoms with Crippen LogP contribution in [0.1, 0.15) is 10.4 Å². The van der Waals surface area contributed by atoms with Crippen LogP contribution in [0.25, 0.3) is 0 Å². The minimum Gasteiger partial charge on any atom is -0.493 e. The summed E-state index contributed by atoms with van der Waals surface area (Å²) in [7, 11) is 2.86. The van der Waals surface area contributed by atoms with Crippen molar-refractivity contribution in [2.24, 2.45) is 0 Å². The lowest BCUT2D eigenvalue weighted by Gasteiger charge is -2.19. The van der Waals surface area contributed by atoms with Gasteiger partial charge < -0.3 is 29.0 Å². The van der Waals surface area contributed by atoms with Crippen molar-refractivity contribution in [3.63, 3.8) is 0 Å². The summed E-state index contributed by atoms with van der Waals surface area (Å²) >= 11 is 6.07. The number of hydrogen-bond acceptors (Lipinski definition) is 7. The number of carbonyl (C=O) groups is 2. The summed E-state index contributed by atoms with van der Waals surface area (Å²) in [5.74, 6) is 0.513. The molecule has 0 bridgehead atoms. The van der Waals surface area contributed by atoms with Crippen LogP contribution in [0.5, 0.6) is 23.0 Å². The molecule has 0 radical (unpaired) electrons. The number of hydrogen-bond donors (Lipinski definition) is 1. The zero-order chi connectivity index (χ0) is 20.1. The fourth-order valence-corrected chi connectivity index (χ4v) is 2.86. The number of anilines is 1. The molecule has 2 aromatic carbocycles. The molecule has 0 spiro atoms. The molecule has 0 aromatic heterocycles. The SMILES string of the molecule is COc1cc(C(=O)OCC(=O)Nc2ccc3c(c2)OCCO3)cc(Cl)c1OC. The largest absolute Gasteiger partial charge is 0.493 e. The van der Waals surface area contributed by atoms with Gasteiger partial charge in [-0.15, -0.1) is 0 Å². The highest BCUT2D eigenvalue weighted by atomic mass is 35.5. The first-order valence-electron chi connectivity index (χ1n) is 8.30. The van der Waals surface area contributed by atoms with E-state index in [1.807, 2.05) is 0 Å². The van der Waals surface area contributed by atoms with Crippen molar-refractivity contribution < 1.29 is 33.3 Å². The Kier molecular flexibility index (Phi) is 6.10. The van der Waals surface area contributed by atoms with Crippen LogP contribution in [0.15, 0.2) is 30.3 Å². The van der Waals surface area contributed by atoms with E-state index < -0.39 is 18.5 Å². The number of benzene rings is 2. The fraction of sp³-hybridized carbons (Fsp3) is 0.263. The second kappa shape index (κ2) is 8.71. The maximum absolute atomic E-state index is 12.2. The Hall–Kier alpha value is -3.13. The fourth-order valence-electron chi connectivity index (χ4n) is 2.57. The van der Waals surface area contributed by atoms with Crippen molar-refractivity contribution in [3.05, 3.63) is 40.9 Å². The summed E-state index contributed by atoms with van der Waals surface area (Å²) in [5.41, 5.74) is 0.634. The molecule has 3 rings (SSSR count). The number of esters is 1. The van der Waals surface area contributed by atoms with E-state index in [0.717, 1.165) is 0 Å². The third-order valence-electron chi connectivity index (χ3n) is 3.83. The zero-order valence-electron chi connectivity index (χ0n) is 15.2. The van der Waals surface area contributed by atoms with Crippen LogP contribution in [0.4, 0.5) is 5.69 Å². The normalized spacial score (nSPS) is 12.1. The van der Waals surface area contributed by atoms with Gasteiger partial charge in [0.1, 0.15) is 13.2 Å². The summed E-state index contributed by atoms with van der Waals surface area (Å²) in [6.07, 6.45) is 0. The van der Waals surface area contributed by atoms with Gasteiger partial charge in [-0.1, -0.05) is 11.6 Å².